The van der Waals surface area contributed by atoms with Crippen LogP contribution in [0.25, 0.3) is 0 Å². The van der Waals surface area contributed by atoms with Crippen LogP contribution in [0.1, 0.15) is 51.5 Å². The summed E-state index contributed by atoms with van der Waals surface area (Å²) in [6.07, 6.45) is 1.17. The Hall–Kier alpha value is -4.36. The minimum atomic E-state index is -0.447. The number of ether oxygens (including phenoxy) is 1. The van der Waals surface area contributed by atoms with Gasteiger partial charge in [-0.3, -0.25) is 9.59 Å². The second-order valence-corrected chi connectivity index (χ2v) is 14.0. The Morgan fingerprint density at radius 2 is 1.65 bits per heavy atom. The molecule has 4 amide bonds. The number of nitrogens with one attached hydrogen (secondary N) is 5. The molecule has 5 N–H and O–H groups in total. The molecular weight excluding hydrogens is 704 g/mol. The Balaban J connectivity index is 1.31. The summed E-state index contributed by atoms with van der Waals surface area (Å²) in [6, 6.07) is 28.2. The van der Waals surface area contributed by atoms with E-state index in [0.717, 1.165) is 22.5 Å². The first-order chi connectivity index (χ1) is 24.8. The highest BCUT2D eigenvalue weighted by atomic mass is 35.5. The zero-order chi connectivity index (χ0) is 36.3. The fourth-order valence-electron chi connectivity index (χ4n) is 4.89. The third kappa shape index (κ3) is 14.1. The molecule has 3 aromatic carbocycles. The third-order valence-electron chi connectivity index (χ3n) is 7.61. The van der Waals surface area contributed by atoms with Gasteiger partial charge in [-0.25, -0.2) is 10.2 Å². The quantitative estimate of drug-likeness (QED) is 0.0515. The number of nitrogens with zero attached hydrogens (tertiary/aromatic N) is 1. The molecule has 4 rings (SSSR count). The number of benzene rings is 3. The number of amides is 4. The zero-order valence-corrected chi connectivity index (χ0v) is 31.3. The molecule has 1 atom stereocenters. The first-order valence-corrected chi connectivity index (χ1v) is 19.2. The van der Waals surface area contributed by atoms with Gasteiger partial charge in [0.15, 0.2) is 6.61 Å². The van der Waals surface area contributed by atoms with Crippen molar-refractivity contribution in [3.63, 3.8) is 0 Å². The minimum absolute atomic E-state index is 0.0409. The molecule has 0 aliphatic carbocycles. The Morgan fingerprint density at radius 3 is 2.39 bits per heavy atom. The Bertz CT molecular complexity index is 1720. The first-order valence-electron chi connectivity index (χ1n) is 16.9. The van der Waals surface area contributed by atoms with Crippen LogP contribution < -0.4 is 31.4 Å². The number of carbonyl (C=O) groups is 3. The van der Waals surface area contributed by atoms with E-state index in [2.05, 4.69) is 43.9 Å². The van der Waals surface area contributed by atoms with Crippen molar-refractivity contribution in [1.29, 1.82) is 0 Å². The number of hydrazone groups is 1. The standard InChI is InChI=1S/C38H45ClN6O4S2/c1-3-33(43-37(47)35-19-18-31(51-35)23-40-22-28-10-6-5-7-11-28)34(26-50-25-29-12-8-9-13-32(29)39)44-45-38(48)42-21-20-27-14-16-30(17-15-27)49-24-36(46)41-4-2/h5-19,33,40H,3-4,20-26H2,1-2H3,(H,41,46)(H,43,47)(H2,42,45,48)/b44-34+. The molecule has 0 saturated heterocycles. The normalized spacial score (nSPS) is 11.8. The summed E-state index contributed by atoms with van der Waals surface area (Å²) in [5, 5.41) is 17.3. The van der Waals surface area contributed by atoms with Crippen LogP contribution in [0.15, 0.2) is 96.1 Å². The van der Waals surface area contributed by atoms with Gasteiger partial charge in [0.05, 0.1) is 16.6 Å². The lowest BCUT2D eigenvalue weighted by molar-refractivity contribution is -0.122. The lowest BCUT2D eigenvalue weighted by Gasteiger charge is -2.19. The molecule has 0 saturated carbocycles. The Kier molecular flexibility index (Phi) is 16.8. The van der Waals surface area contributed by atoms with Gasteiger partial charge in [-0.15, -0.1) is 11.3 Å². The van der Waals surface area contributed by atoms with Crippen LogP contribution in [0.5, 0.6) is 5.75 Å². The van der Waals surface area contributed by atoms with E-state index < -0.39 is 12.1 Å². The highest BCUT2D eigenvalue weighted by molar-refractivity contribution is 7.99. The van der Waals surface area contributed by atoms with Crippen molar-refractivity contribution in [2.24, 2.45) is 5.10 Å². The zero-order valence-electron chi connectivity index (χ0n) is 28.9. The highest BCUT2D eigenvalue weighted by Gasteiger charge is 2.20. The molecule has 0 aliphatic rings. The molecule has 0 radical (unpaired) electrons. The van der Waals surface area contributed by atoms with Crippen molar-refractivity contribution < 1.29 is 19.1 Å². The Labute approximate surface area is 313 Å². The number of carbonyl (C=O) groups excluding carboxylic acids is 3. The van der Waals surface area contributed by atoms with Gasteiger partial charge in [-0.1, -0.05) is 79.2 Å². The van der Waals surface area contributed by atoms with Crippen molar-refractivity contribution in [2.45, 2.75) is 51.6 Å². The lowest BCUT2D eigenvalue weighted by Crippen LogP contribution is -2.43. The number of thiophene rings is 1. The predicted octanol–water partition coefficient (Wildman–Crippen LogP) is 6.55. The van der Waals surface area contributed by atoms with Gasteiger partial charge in [0.25, 0.3) is 11.8 Å². The predicted molar refractivity (Wildman–Crippen MR) is 209 cm³/mol. The molecule has 10 nitrogen and oxygen atoms in total. The summed E-state index contributed by atoms with van der Waals surface area (Å²) in [5.41, 5.74) is 6.47. The van der Waals surface area contributed by atoms with Crippen LogP contribution in [0.2, 0.25) is 5.02 Å². The third-order valence-corrected chi connectivity index (χ3v) is 10.1. The van der Waals surface area contributed by atoms with E-state index in [1.165, 1.54) is 16.9 Å². The molecule has 270 valence electrons. The number of hydrogen-bond donors (Lipinski definition) is 5. The van der Waals surface area contributed by atoms with E-state index >= 15 is 0 Å². The maximum absolute atomic E-state index is 13.4. The van der Waals surface area contributed by atoms with Gasteiger partial charge in [-0.05, 0) is 66.8 Å². The SMILES string of the molecule is CCNC(=O)COc1ccc(CCNC(=O)N/N=C(\CSCc2ccccc2Cl)C(CC)NC(=O)c2ccc(CNCc3ccccc3)s2)cc1. The molecule has 4 aromatic rings. The van der Waals surface area contributed by atoms with Crippen LogP contribution in [-0.2, 0) is 30.1 Å². The summed E-state index contributed by atoms with van der Waals surface area (Å²) in [5.74, 6) is 1.36. The van der Waals surface area contributed by atoms with E-state index in [1.54, 1.807) is 23.9 Å². The first kappa shape index (κ1) is 39.4. The van der Waals surface area contributed by atoms with Crippen LogP contribution in [-0.4, -0.2) is 55.0 Å². The summed E-state index contributed by atoms with van der Waals surface area (Å²) in [4.78, 5) is 39.4. The average Bonchev–Trinajstić information content (AvgIpc) is 3.62. The molecule has 51 heavy (non-hydrogen) atoms. The molecule has 0 fully saturated rings. The van der Waals surface area contributed by atoms with Crippen molar-refractivity contribution in [1.82, 2.24) is 26.7 Å². The number of urea groups is 1. The van der Waals surface area contributed by atoms with Crippen LogP contribution in [0.4, 0.5) is 4.79 Å². The molecule has 1 aromatic heterocycles. The fraction of sp³-hybridized carbons (Fsp3) is 0.316. The summed E-state index contributed by atoms with van der Waals surface area (Å²) < 4.78 is 5.49. The van der Waals surface area contributed by atoms with Crippen molar-refractivity contribution in [2.75, 3.05) is 25.4 Å². The van der Waals surface area contributed by atoms with Gasteiger partial charge in [0.2, 0.25) is 0 Å². The lowest BCUT2D eigenvalue weighted by atomic mass is 10.1. The highest BCUT2D eigenvalue weighted by Crippen LogP contribution is 2.22. The van der Waals surface area contributed by atoms with Crippen LogP contribution in [0.3, 0.4) is 0 Å². The topological polar surface area (TPSA) is 133 Å². The minimum Gasteiger partial charge on any atom is -0.484 e. The number of hydrogen-bond acceptors (Lipinski definition) is 8. The number of rotatable bonds is 20. The van der Waals surface area contributed by atoms with Crippen molar-refractivity contribution in [3.8, 4) is 5.75 Å². The van der Waals surface area contributed by atoms with Gasteiger partial charge >= 0.3 is 6.03 Å². The Morgan fingerprint density at radius 1 is 0.882 bits per heavy atom. The fourth-order valence-corrected chi connectivity index (χ4v) is 7.11. The molecule has 1 unspecified atom stereocenters. The van der Waals surface area contributed by atoms with E-state index in [1.807, 2.05) is 80.6 Å². The van der Waals surface area contributed by atoms with E-state index in [4.69, 9.17) is 16.3 Å². The maximum atomic E-state index is 13.4. The monoisotopic (exact) mass is 748 g/mol. The van der Waals surface area contributed by atoms with Gasteiger partial charge in [-0.2, -0.15) is 16.9 Å². The number of halogens is 1. The molecule has 0 bridgehead atoms. The average molecular weight is 749 g/mol. The van der Waals surface area contributed by atoms with Crippen molar-refractivity contribution in [3.05, 3.63) is 122 Å². The second-order valence-electron chi connectivity index (χ2n) is 11.5. The number of thioether (sulfide) groups is 1. The molecule has 0 aliphatic heterocycles. The molecule has 1 heterocycles. The summed E-state index contributed by atoms with van der Waals surface area (Å²) in [6.45, 7) is 6.13. The van der Waals surface area contributed by atoms with Gasteiger partial charge in [0, 0.05) is 47.6 Å². The smallest absolute Gasteiger partial charge is 0.335 e. The van der Waals surface area contributed by atoms with Gasteiger partial charge < -0.3 is 26.0 Å². The summed E-state index contributed by atoms with van der Waals surface area (Å²) >= 11 is 9.44. The second kappa shape index (κ2) is 21.8. The van der Waals surface area contributed by atoms with E-state index in [-0.39, 0.29) is 18.4 Å². The number of likely N-dealkylation sites (N-methyl/N-ethyl adjacent to an activating group) is 1. The summed E-state index contributed by atoms with van der Waals surface area (Å²) in [7, 11) is 0. The van der Waals surface area contributed by atoms with E-state index in [9.17, 15) is 14.4 Å². The van der Waals surface area contributed by atoms with Crippen molar-refractivity contribution >= 4 is 58.3 Å². The maximum Gasteiger partial charge on any atom is 0.335 e. The molecule has 0 spiro atoms. The van der Waals surface area contributed by atoms with E-state index in [0.29, 0.717) is 65.3 Å². The molecule has 13 heteroatoms. The van der Waals surface area contributed by atoms with Crippen LogP contribution in [0, 0.1) is 0 Å². The van der Waals surface area contributed by atoms with Gasteiger partial charge in [0.1, 0.15) is 5.75 Å². The largest absolute Gasteiger partial charge is 0.484 e. The molecular formula is C38H45ClN6O4S2. The van der Waals surface area contributed by atoms with Crippen LogP contribution >= 0.6 is 34.7 Å².